The van der Waals surface area contributed by atoms with Crippen LogP contribution in [0.3, 0.4) is 0 Å². The monoisotopic (exact) mass is 1200 g/mol. The number of hydrogen-bond donors (Lipinski definition) is 20. The van der Waals surface area contributed by atoms with E-state index in [1.807, 2.05) is 0 Å². The van der Waals surface area contributed by atoms with Crippen molar-refractivity contribution in [1.29, 1.82) is 0 Å². The maximum atomic E-state index is 14.2. The molecule has 32 heteroatoms. The molecule has 3 rings (SSSR count). The molecule has 2 fully saturated rings. The summed E-state index contributed by atoms with van der Waals surface area (Å²) in [7, 11) is 0. The number of nitrogens with one attached hydrogen (secondary N) is 8. The van der Waals surface area contributed by atoms with E-state index in [2.05, 4.69) is 49.5 Å². The van der Waals surface area contributed by atoms with Crippen LogP contribution < -0.4 is 59.7 Å². The Labute approximate surface area is 484 Å². The average molecular weight is 1200 g/mol. The van der Waals surface area contributed by atoms with Gasteiger partial charge in [0.25, 0.3) is 0 Å². The summed E-state index contributed by atoms with van der Waals surface area (Å²) in [6.07, 6.45) is -10.2. The maximum absolute atomic E-state index is 14.2. The highest BCUT2D eigenvalue weighted by Gasteiger charge is 2.42. The Hall–Kier alpha value is -6.72. The number of benzene rings is 1. The predicted octanol–water partition coefficient (Wildman–Crippen LogP) is -7.72. The van der Waals surface area contributed by atoms with Crippen LogP contribution in [-0.4, -0.2) is 223 Å². The third-order valence-electron chi connectivity index (χ3n) is 13.8. The molecule has 32 nitrogen and oxygen atoms in total. The molecule has 0 unspecified atom stereocenters. The second-order valence-corrected chi connectivity index (χ2v) is 20.7. The van der Waals surface area contributed by atoms with E-state index in [0.29, 0.717) is 12.8 Å². The molecule has 1 aromatic carbocycles. The average Bonchev–Trinajstić information content (AvgIpc) is 3.43. The number of aromatic hydroxyl groups is 1. The van der Waals surface area contributed by atoms with Gasteiger partial charge in [0.05, 0.1) is 51.4 Å². The topological polar surface area (TPSA) is 546 Å². The summed E-state index contributed by atoms with van der Waals surface area (Å²) in [4.78, 5) is 135. The van der Waals surface area contributed by atoms with Crippen LogP contribution in [0.15, 0.2) is 24.3 Å². The molecule has 84 heavy (non-hydrogen) atoms. The Bertz CT molecular complexity index is 2320. The Kier molecular flexibility index (Phi) is 31.4. The van der Waals surface area contributed by atoms with Crippen LogP contribution in [0, 0.1) is 0 Å². The van der Waals surface area contributed by atoms with Gasteiger partial charge in [-0.2, -0.15) is 0 Å². The van der Waals surface area contributed by atoms with Crippen molar-refractivity contribution >= 4 is 59.1 Å². The predicted molar refractivity (Wildman–Crippen MR) is 291 cm³/mol. The smallest absolute Gasteiger partial charge is 0.246 e. The fourth-order valence-corrected chi connectivity index (χ4v) is 9.09. The molecule has 474 valence electrons. The van der Waals surface area contributed by atoms with Crippen molar-refractivity contribution in [2.45, 2.75) is 195 Å². The number of phenolic OH excluding ortho intramolecular Hbond substituents is 1. The summed E-state index contributed by atoms with van der Waals surface area (Å²) in [5.41, 5.74) is 16.4. The number of aliphatic hydroxyl groups excluding tert-OH is 8. The molecule has 1 aromatic rings. The van der Waals surface area contributed by atoms with Crippen LogP contribution in [-0.2, 0) is 57.4 Å². The molecule has 2 heterocycles. The minimum absolute atomic E-state index is 0.00362. The largest absolute Gasteiger partial charge is 0.508 e. The van der Waals surface area contributed by atoms with E-state index in [1.54, 1.807) is 0 Å². The number of phenols is 1. The van der Waals surface area contributed by atoms with Crippen molar-refractivity contribution in [3.05, 3.63) is 29.8 Å². The first-order valence-corrected chi connectivity index (χ1v) is 27.8. The molecule has 23 N–H and O–H groups in total. The highest BCUT2D eigenvalue weighted by atomic mass is 16.7. The van der Waals surface area contributed by atoms with Crippen molar-refractivity contribution in [2.24, 2.45) is 17.2 Å². The van der Waals surface area contributed by atoms with Gasteiger partial charge in [-0.1, -0.05) is 76.8 Å². The molecule has 0 bridgehead atoms. The Balaban J connectivity index is 2.12. The maximum Gasteiger partial charge on any atom is 0.246 e. The zero-order chi connectivity index (χ0) is 62.6. The summed E-state index contributed by atoms with van der Waals surface area (Å²) in [5, 5.41) is 115. The number of nitrogens with two attached hydrogens (primary N) is 3. The number of hydrogen-bond acceptors (Lipinski definition) is 22. The molecule has 10 amide bonds. The second kappa shape index (κ2) is 36.9. The fourth-order valence-electron chi connectivity index (χ4n) is 9.09. The lowest BCUT2D eigenvalue weighted by Gasteiger charge is -2.38. The lowest BCUT2D eigenvalue weighted by atomic mass is 9.94. The number of rotatable bonds is 26. The van der Waals surface area contributed by atoms with Crippen molar-refractivity contribution < 1.29 is 103 Å². The molecule has 0 saturated carbocycles. The number of carbonyl (C=O) groups is 10. The van der Waals surface area contributed by atoms with Gasteiger partial charge in [-0.05, 0) is 43.5 Å². The van der Waals surface area contributed by atoms with Gasteiger partial charge in [0.1, 0.15) is 72.5 Å². The van der Waals surface area contributed by atoms with Crippen molar-refractivity contribution in [3.8, 4) is 5.75 Å². The van der Waals surface area contributed by atoms with Crippen LogP contribution in [0.5, 0.6) is 5.75 Å². The van der Waals surface area contributed by atoms with Crippen LogP contribution in [0.2, 0.25) is 0 Å². The van der Waals surface area contributed by atoms with E-state index in [9.17, 15) is 93.9 Å². The number of amides is 10. The zero-order valence-corrected chi connectivity index (χ0v) is 46.8. The second-order valence-electron chi connectivity index (χ2n) is 20.7. The molecule has 0 aromatic heterocycles. The molecular weight excluding hydrogens is 1110 g/mol. The van der Waals surface area contributed by atoms with Gasteiger partial charge >= 0.3 is 0 Å². The summed E-state index contributed by atoms with van der Waals surface area (Å²) in [5.74, 6) is -12.8. The van der Waals surface area contributed by atoms with Gasteiger partial charge in [-0.25, -0.2) is 0 Å². The van der Waals surface area contributed by atoms with E-state index in [4.69, 9.17) is 26.7 Å². The molecular formula is C52H85N11O21. The molecule has 0 radical (unpaired) electrons. The molecule has 15 atom stereocenters. The molecule has 0 spiro atoms. The molecule has 0 aliphatic carbocycles. The first-order valence-electron chi connectivity index (χ1n) is 27.8. The van der Waals surface area contributed by atoms with Crippen molar-refractivity contribution in [1.82, 2.24) is 42.5 Å². The van der Waals surface area contributed by atoms with Gasteiger partial charge in [0.15, 0.2) is 6.29 Å². The number of carbonyl (C=O) groups excluding carboxylic acids is 10. The van der Waals surface area contributed by atoms with Crippen LogP contribution >= 0.6 is 0 Å². The van der Waals surface area contributed by atoms with Gasteiger partial charge < -0.3 is 115 Å². The van der Waals surface area contributed by atoms with Gasteiger partial charge in [-0.3, -0.25) is 47.9 Å². The van der Waals surface area contributed by atoms with E-state index in [0.717, 1.165) is 57.1 Å². The zero-order valence-electron chi connectivity index (χ0n) is 46.8. The van der Waals surface area contributed by atoms with Gasteiger partial charge in [0, 0.05) is 12.5 Å². The lowest BCUT2D eigenvalue weighted by molar-refractivity contribution is -0.293. The molecule has 2 aliphatic heterocycles. The number of ether oxygens (including phenoxy) is 2. The van der Waals surface area contributed by atoms with Gasteiger partial charge in [0.2, 0.25) is 59.1 Å². The number of aliphatic hydroxyl groups is 8. The summed E-state index contributed by atoms with van der Waals surface area (Å²) in [6, 6.07) is -8.76. The third kappa shape index (κ3) is 24.1. The summed E-state index contributed by atoms with van der Waals surface area (Å²) >= 11 is 0. The van der Waals surface area contributed by atoms with Crippen LogP contribution in [0.1, 0.15) is 115 Å². The lowest BCUT2D eigenvalue weighted by Crippen LogP contribution is -2.60. The Morgan fingerprint density at radius 1 is 0.643 bits per heavy atom. The number of unbranched alkanes of at least 4 members (excludes halogenated alkanes) is 8. The Morgan fingerprint density at radius 3 is 1.74 bits per heavy atom. The van der Waals surface area contributed by atoms with Crippen LogP contribution in [0.4, 0.5) is 0 Å². The van der Waals surface area contributed by atoms with Crippen molar-refractivity contribution in [3.63, 3.8) is 0 Å². The SMILES string of the molecule is CCCCCCCCCCC[C@H](O[C@@H]1OC[C@@H](O)[C@H](O)[C@H]1O)[C@H](O)[C@H](O)C[C@@H]1CC(=O)N[C@H](CO)C(=O)N[C@H]([C@H](O)c2ccc(O)cc2)C(=O)N[C@H](CCN)C(=O)NCC(=O)N[C@@H](CC(N)=O)C(=O)N[C@@H](CO)C(=O)N[C@@H](CC(N)=O)C(=O)N1. The first kappa shape index (κ1) is 71.5. The van der Waals surface area contributed by atoms with Crippen molar-refractivity contribution in [2.75, 3.05) is 32.9 Å². The summed E-state index contributed by atoms with van der Waals surface area (Å²) < 4.78 is 11.4. The highest BCUT2D eigenvalue weighted by Crippen LogP contribution is 2.25. The molecule has 2 aliphatic rings. The normalized spacial score (nSPS) is 27.3. The number of primary amides is 2. The summed E-state index contributed by atoms with van der Waals surface area (Å²) in [6.45, 7) is -2.08. The fraction of sp³-hybridized carbons (Fsp3) is 0.692. The Morgan fingerprint density at radius 2 is 1.15 bits per heavy atom. The highest BCUT2D eigenvalue weighted by molar-refractivity contribution is 5.99. The standard InChI is InChI=1S/C52H85N11O21/c1-2-3-4-5-6-7-8-9-10-11-36(84-52-45(76)44(75)35(68)25-83-52)43(74)34(67)18-27-19-39(71)59-32(23-64)50(81)63-41(42(73)26-12-14-28(66)15-13-26)51(82)60-29(16-17-53)46(77)56-22-40(72)58-30(20-37(54)69)48(79)62-33(24-65)49(80)61-31(21-38(55)70)47(78)57-27/h12-15,27,29-36,41-45,52,64-68,73-76H,2-11,16-25,53H2,1H3,(H2,54,69)(H2,55,70)(H,56,77)(H,57,78)(H,58,72)(H,59,71)(H,60,82)(H,61,80)(H,62,79)(H,63,81)/t27-,29-,30+,31+,32-,33+,34-,35-,36+,41-,42-,43-,44+,45-,52+/m1/s1. The minimum Gasteiger partial charge on any atom is -0.508 e. The van der Waals surface area contributed by atoms with E-state index in [-0.39, 0.29) is 30.7 Å². The minimum atomic E-state index is -2.09. The van der Waals surface area contributed by atoms with E-state index < -0.39 is 202 Å². The third-order valence-corrected chi connectivity index (χ3v) is 13.8. The van der Waals surface area contributed by atoms with Crippen LogP contribution in [0.25, 0.3) is 0 Å². The molecule has 2 saturated heterocycles. The first-order chi connectivity index (χ1) is 39.8. The van der Waals surface area contributed by atoms with E-state index in [1.165, 1.54) is 12.1 Å². The van der Waals surface area contributed by atoms with E-state index >= 15 is 0 Å². The van der Waals surface area contributed by atoms with Gasteiger partial charge in [-0.15, -0.1) is 0 Å². The quantitative estimate of drug-likeness (QED) is 0.0383.